The number of nitrogens with zero attached hydrogens (tertiary/aromatic N) is 3. The van der Waals surface area contributed by atoms with Crippen molar-refractivity contribution in [3.05, 3.63) is 59.9 Å². The van der Waals surface area contributed by atoms with Gasteiger partial charge in [-0.25, -0.2) is 8.78 Å². The summed E-state index contributed by atoms with van der Waals surface area (Å²) in [6.07, 6.45) is 7.45. The lowest BCUT2D eigenvalue weighted by atomic mass is 9.98. The number of aromatic nitrogens is 1. The van der Waals surface area contributed by atoms with Gasteiger partial charge in [0, 0.05) is 50.2 Å². The van der Waals surface area contributed by atoms with E-state index < -0.39 is 11.6 Å². The largest absolute Gasteiger partial charge is 0.490 e. The third kappa shape index (κ3) is 4.72. The van der Waals surface area contributed by atoms with Crippen LogP contribution in [0.3, 0.4) is 0 Å². The first-order chi connectivity index (χ1) is 14.1. The van der Waals surface area contributed by atoms with Crippen LogP contribution in [0.5, 0.6) is 5.75 Å². The molecule has 0 radical (unpaired) electrons. The standard InChI is InChI=1S/C22H25F2N3O2/c23-20-2-1-16(15-21(20)24)22(28)27-11-5-17(6-12-27)26-13-7-19(8-14-26)29-18-3-9-25-10-4-18/h1-4,9-10,15,17,19H,5-8,11-14H2. The molecule has 0 N–H and O–H groups in total. The molecule has 2 aromatic rings. The molecule has 0 bridgehead atoms. The monoisotopic (exact) mass is 401 g/mol. The maximum atomic E-state index is 13.4. The average Bonchev–Trinajstić information content (AvgIpc) is 2.77. The molecule has 0 atom stereocenters. The van der Waals surface area contributed by atoms with Crippen LogP contribution in [-0.4, -0.2) is 59.0 Å². The molecule has 29 heavy (non-hydrogen) atoms. The van der Waals surface area contributed by atoms with Crippen LogP contribution in [0.25, 0.3) is 0 Å². The van der Waals surface area contributed by atoms with Crippen molar-refractivity contribution >= 4 is 5.91 Å². The number of amides is 1. The third-order valence-electron chi connectivity index (χ3n) is 5.86. The quantitative estimate of drug-likeness (QED) is 0.787. The van der Waals surface area contributed by atoms with Crippen molar-refractivity contribution in [2.75, 3.05) is 26.2 Å². The minimum atomic E-state index is -0.984. The highest BCUT2D eigenvalue weighted by Crippen LogP contribution is 2.24. The number of benzene rings is 1. The predicted octanol–water partition coefficient (Wildman–Crippen LogP) is 3.51. The van der Waals surface area contributed by atoms with Gasteiger partial charge in [-0.2, -0.15) is 0 Å². The summed E-state index contributed by atoms with van der Waals surface area (Å²) in [4.78, 5) is 20.8. The number of hydrogen-bond donors (Lipinski definition) is 0. The fourth-order valence-electron chi connectivity index (χ4n) is 4.21. The highest BCUT2D eigenvalue weighted by Gasteiger charge is 2.30. The summed E-state index contributed by atoms with van der Waals surface area (Å²) in [5, 5.41) is 0. The Bertz CT molecular complexity index is 833. The lowest BCUT2D eigenvalue weighted by molar-refractivity contribution is 0.0425. The molecule has 3 heterocycles. The summed E-state index contributed by atoms with van der Waals surface area (Å²) in [6.45, 7) is 3.24. The number of rotatable bonds is 4. The van der Waals surface area contributed by atoms with E-state index in [4.69, 9.17) is 4.74 Å². The van der Waals surface area contributed by atoms with E-state index in [-0.39, 0.29) is 17.6 Å². The van der Waals surface area contributed by atoms with Crippen LogP contribution in [0.2, 0.25) is 0 Å². The predicted molar refractivity (Wildman–Crippen MR) is 105 cm³/mol. The van der Waals surface area contributed by atoms with Crippen molar-refractivity contribution in [2.24, 2.45) is 0 Å². The molecule has 154 valence electrons. The van der Waals surface area contributed by atoms with Crippen molar-refractivity contribution in [3.63, 3.8) is 0 Å². The SMILES string of the molecule is O=C(c1ccc(F)c(F)c1)N1CCC(N2CCC(Oc3ccncc3)CC2)CC1. The molecule has 1 aromatic heterocycles. The van der Waals surface area contributed by atoms with Gasteiger partial charge in [-0.3, -0.25) is 14.7 Å². The molecule has 0 aliphatic carbocycles. The van der Waals surface area contributed by atoms with E-state index in [1.165, 1.54) is 6.07 Å². The minimum Gasteiger partial charge on any atom is -0.490 e. The molecule has 7 heteroatoms. The van der Waals surface area contributed by atoms with Gasteiger partial charge in [-0.1, -0.05) is 0 Å². The molecule has 1 amide bonds. The number of halogens is 2. The van der Waals surface area contributed by atoms with Crippen molar-refractivity contribution in [1.82, 2.24) is 14.8 Å². The van der Waals surface area contributed by atoms with Crippen LogP contribution in [0.15, 0.2) is 42.7 Å². The van der Waals surface area contributed by atoms with Crippen molar-refractivity contribution < 1.29 is 18.3 Å². The molecule has 0 spiro atoms. The summed E-state index contributed by atoms with van der Waals surface area (Å²) in [5.41, 5.74) is 0.205. The zero-order valence-electron chi connectivity index (χ0n) is 16.3. The number of hydrogen-bond acceptors (Lipinski definition) is 4. The number of pyridine rings is 1. The molecule has 4 rings (SSSR count). The van der Waals surface area contributed by atoms with Crippen molar-refractivity contribution in [2.45, 2.75) is 37.8 Å². The Kier molecular flexibility index (Phi) is 6.04. The van der Waals surface area contributed by atoms with Crippen LogP contribution in [0.4, 0.5) is 8.78 Å². The third-order valence-corrected chi connectivity index (χ3v) is 5.86. The van der Waals surface area contributed by atoms with Gasteiger partial charge in [0.25, 0.3) is 5.91 Å². The Morgan fingerprint density at radius 3 is 2.28 bits per heavy atom. The Morgan fingerprint density at radius 2 is 1.62 bits per heavy atom. The van der Waals surface area contributed by atoms with Gasteiger partial charge in [0.2, 0.25) is 0 Å². The Labute approximate surface area is 169 Å². The number of likely N-dealkylation sites (tertiary alicyclic amines) is 2. The van der Waals surface area contributed by atoms with Gasteiger partial charge in [0.1, 0.15) is 11.9 Å². The van der Waals surface area contributed by atoms with Gasteiger partial charge >= 0.3 is 0 Å². The molecular weight excluding hydrogens is 376 g/mol. The first-order valence-electron chi connectivity index (χ1n) is 10.2. The zero-order valence-corrected chi connectivity index (χ0v) is 16.3. The summed E-state index contributed by atoms with van der Waals surface area (Å²) in [6, 6.07) is 7.55. The first kappa shape index (κ1) is 19.8. The van der Waals surface area contributed by atoms with Gasteiger partial charge < -0.3 is 9.64 Å². The van der Waals surface area contributed by atoms with Gasteiger partial charge in [0.15, 0.2) is 11.6 Å². The van der Waals surface area contributed by atoms with Crippen molar-refractivity contribution in [1.29, 1.82) is 0 Å². The van der Waals surface area contributed by atoms with E-state index in [2.05, 4.69) is 9.88 Å². The van der Waals surface area contributed by atoms with Crippen LogP contribution < -0.4 is 4.74 Å². The molecule has 0 saturated carbocycles. The molecule has 2 aliphatic rings. The molecule has 2 aliphatic heterocycles. The van der Waals surface area contributed by atoms with Crippen LogP contribution in [-0.2, 0) is 0 Å². The second-order valence-corrected chi connectivity index (χ2v) is 7.69. The van der Waals surface area contributed by atoms with Crippen molar-refractivity contribution in [3.8, 4) is 5.75 Å². The Balaban J connectivity index is 1.25. The summed E-state index contributed by atoms with van der Waals surface area (Å²) in [7, 11) is 0. The van der Waals surface area contributed by atoms with Crippen LogP contribution >= 0.6 is 0 Å². The second kappa shape index (κ2) is 8.86. The molecule has 5 nitrogen and oxygen atoms in total. The fourth-order valence-corrected chi connectivity index (χ4v) is 4.21. The second-order valence-electron chi connectivity index (χ2n) is 7.69. The lowest BCUT2D eigenvalue weighted by Crippen LogP contribution is -2.50. The minimum absolute atomic E-state index is 0.205. The topological polar surface area (TPSA) is 45.7 Å². The summed E-state index contributed by atoms with van der Waals surface area (Å²) >= 11 is 0. The average molecular weight is 401 g/mol. The smallest absolute Gasteiger partial charge is 0.253 e. The van der Waals surface area contributed by atoms with Gasteiger partial charge in [-0.15, -0.1) is 0 Å². The highest BCUT2D eigenvalue weighted by molar-refractivity contribution is 5.94. The van der Waals surface area contributed by atoms with E-state index in [1.54, 1.807) is 17.3 Å². The van der Waals surface area contributed by atoms with E-state index in [0.29, 0.717) is 19.1 Å². The van der Waals surface area contributed by atoms with Crippen LogP contribution in [0.1, 0.15) is 36.0 Å². The fraction of sp³-hybridized carbons (Fsp3) is 0.455. The van der Waals surface area contributed by atoms with E-state index in [1.807, 2.05) is 12.1 Å². The lowest BCUT2D eigenvalue weighted by Gasteiger charge is -2.41. The van der Waals surface area contributed by atoms with E-state index in [0.717, 1.165) is 56.7 Å². The van der Waals surface area contributed by atoms with E-state index in [9.17, 15) is 13.6 Å². The Hall–Kier alpha value is -2.54. The molecule has 0 unspecified atom stereocenters. The van der Waals surface area contributed by atoms with Crippen LogP contribution in [0, 0.1) is 11.6 Å². The molecule has 2 fully saturated rings. The number of carbonyl (C=O) groups is 1. The highest BCUT2D eigenvalue weighted by atomic mass is 19.2. The van der Waals surface area contributed by atoms with Gasteiger partial charge in [0.05, 0.1) is 0 Å². The zero-order chi connectivity index (χ0) is 20.2. The molecule has 2 saturated heterocycles. The normalized spacial score (nSPS) is 19.3. The first-order valence-corrected chi connectivity index (χ1v) is 10.2. The molecular formula is C22H25F2N3O2. The summed E-state index contributed by atoms with van der Waals surface area (Å²) in [5.74, 6) is -1.28. The summed E-state index contributed by atoms with van der Waals surface area (Å²) < 4.78 is 32.5. The maximum Gasteiger partial charge on any atom is 0.253 e. The number of piperidine rings is 2. The van der Waals surface area contributed by atoms with E-state index >= 15 is 0 Å². The van der Waals surface area contributed by atoms with Gasteiger partial charge in [-0.05, 0) is 56.0 Å². The number of ether oxygens (including phenoxy) is 1. The molecule has 1 aromatic carbocycles. The Morgan fingerprint density at radius 1 is 0.931 bits per heavy atom. The number of carbonyl (C=O) groups excluding carboxylic acids is 1. The maximum absolute atomic E-state index is 13.4.